The molecule has 156 valence electrons. The molecule has 3 rings (SSSR count). The lowest BCUT2D eigenvalue weighted by molar-refractivity contribution is -0.137. The van der Waals surface area contributed by atoms with Crippen LogP contribution in [0.1, 0.15) is 27.3 Å². The second-order valence-electron chi connectivity index (χ2n) is 6.49. The number of hydrogen-bond acceptors (Lipinski definition) is 4. The van der Waals surface area contributed by atoms with E-state index in [1.54, 1.807) is 18.5 Å². The van der Waals surface area contributed by atoms with Crippen LogP contribution in [0.15, 0.2) is 54.6 Å². The molecule has 0 atom stereocenters. The van der Waals surface area contributed by atoms with Gasteiger partial charge in [-0.2, -0.15) is 18.3 Å². The summed E-state index contributed by atoms with van der Waals surface area (Å²) >= 11 is 0. The van der Waals surface area contributed by atoms with Crippen LogP contribution in [0.4, 0.5) is 18.9 Å². The summed E-state index contributed by atoms with van der Waals surface area (Å²) in [5.41, 5.74) is 1.64. The average molecular weight is 417 g/mol. The van der Waals surface area contributed by atoms with Gasteiger partial charge in [0.25, 0.3) is 5.91 Å². The number of rotatable bonds is 5. The molecule has 0 aliphatic heterocycles. The van der Waals surface area contributed by atoms with Gasteiger partial charge in [0.15, 0.2) is 6.61 Å². The largest absolute Gasteiger partial charge is 0.452 e. The van der Waals surface area contributed by atoms with Gasteiger partial charge in [0.1, 0.15) is 0 Å². The van der Waals surface area contributed by atoms with E-state index in [0.717, 1.165) is 30.0 Å². The molecule has 30 heavy (non-hydrogen) atoms. The summed E-state index contributed by atoms with van der Waals surface area (Å²) in [6.45, 7) is 2.93. The number of aromatic nitrogens is 2. The molecule has 1 N–H and O–H groups in total. The van der Waals surface area contributed by atoms with Gasteiger partial charge in [0.2, 0.25) is 0 Å². The van der Waals surface area contributed by atoms with Crippen molar-refractivity contribution in [3.63, 3.8) is 0 Å². The third-order valence-corrected chi connectivity index (χ3v) is 4.34. The highest BCUT2D eigenvalue weighted by atomic mass is 19.4. The van der Waals surface area contributed by atoms with E-state index < -0.39 is 30.2 Å². The first-order chi connectivity index (χ1) is 14.2. The fourth-order valence-electron chi connectivity index (χ4n) is 2.83. The fourth-order valence-corrected chi connectivity index (χ4v) is 2.83. The van der Waals surface area contributed by atoms with Crippen molar-refractivity contribution in [1.82, 2.24) is 9.78 Å². The number of carbonyl (C=O) groups excluding carboxylic acids is 2. The second kappa shape index (κ2) is 8.40. The van der Waals surface area contributed by atoms with Crippen LogP contribution in [0.2, 0.25) is 0 Å². The number of nitrogens with zero attached hydrogens (tertiary/aromatic N) is 2. The van der Waals surface area contributed by atoms with E-state index in [1.807, 2.05) is 30.3 Å². The molecule has 0 unspecified atom stereocenters. The minimum atomic E-state index is -4.50. The first kappa shape index (κ1) is 21.1. The molecule has 0 radical (unpaired) electrons. The van der Waals surface area contributed by atoms with Gasteiger partial charge in [-0.05, 0) is 50.2 Å². The Bertz CT molecular complexity index is 1060. The number of anilines is 1. The summed E-state index contributed by atoms with van der Waals surface area (Å²) in [7, 11) is 0. The average Bonchev–Trinajstić information content (AvgIpc) is 3.00. The Kier molecular flexibility index (Phi) is 5.91. The van der Waals surface area contributed by atoms with E-state index in [1.165, 1.54) is 0 Å². The Morgan fingerprint density at radius 2 is 1.67 bits per heavy atom. The predicted molar refractivity (Wildman–Crippen MR) is 103 cm³/mol. The monoisotopic (exact) mass is 417 g/mol. The number of ether oxygens (including phenoxy) is 1. The standard InChI is InChI=1S/C21H18F3N3O3/c1-13-19(14(2)27(26-13)17-6-4-3-5-7-17)25-18(28)12-30-20(29)15-8-10-16(11-9-15)21(22,23)24/h3-11H,12H2,1-2H3,(H,25,28). The van der Waals surface area contributed by atoms with E-state index in [9.17, 15) is 22.8 Å². The summed E-state index contributed by atoms with van der Waals surface area (Å²) in [5, 5.41) is 7.06. The molecule has 0 spiro atoms. The molecular weight excluding hydrogens is 399 g/mol. The number of carbonyl (C=O) groups is 2. The molecule has 0 saturated heterocycles. The van der Waals surface area contributed by atoms with Crippen molar-refractivity contribution in [3.05, 3.63) is 77.1 Å². The Morgan fingerprint density at radius 1 is 1.03 bits per heavy atom. The summed E-state index contributed by atoms with van der Waals surface area (Å²) in [4.78, 5) is 24.2. The van der Waals surface area contributed by atoms with Crippen LogP contribution < -0.4 is 5.32 Å². The van der Waals surface area contributed by atoms with Crippen LogP contribution in [0.25, 0.3) is 5.69 Å². The number of amides is 1. The van der Waals surface area contributed by atoms with Gasteiger partial charge < -0.3 is 10.1 Å². The van der Waals surface area contributed by atoms with Crippen molar-refractivity contribution in [2.45, 2.75) is 20.0 Å². The molecule has 1 aromatic heterocycles. The highest BCUT2D eigenvalue weighted by Crippen LogP contribution is 2.29. The lowest BCUT2D eigenvalue weighted by atomic mass is 10.1. The topological polar surface area (TPSA) is 73.2 Å². The molecule has 9 heteroatoms. The van der Waals surface area contributed by atoms with Crippen LogP contribution in [-0.2, 0) is 15.7 Å². The second-order valence-corrected chi connectivity index (χ2v) is 6.49. The number of aryl methyl sites for hydroxylation is 1. The Hall–Kier alpha value is -3.62. The minimum absolute atomic E-state index is 0.0833. The van der Waals surface area contributed by atoms with E-state index in [2.05, 4.69) is 10.4 Å². The van der Waals surface area contributed by atoms with Crippen molar-refractivity contribution in [2.24, 2.45) is 0 Å². The molecule has 2 aromatic carbocycles. The van der Waals surface area contributed by atoms with Gasteiger partial charge in [-0.25, -0.2) is 9.48 Å². The normalized spacial score (nSPS) is 11.2. The number of halogens is 3. The van der Waals surface area contributed by atoms with Gasteiger partial charge in [-0.1, -0.05) is 18.2 Å². The zero-order valence-corrected chi connectivity index (χ0v) is 16.2. The molecular formula is C21H18F3N3O3. The van der Waals surface area contributed by atoms with E-state index in [-0.39, 0.29) is 5.56 Å². The van der Waals surface area contributed by atoms with Crippen LogP contribution in [-0.4, -0.2) is 28.3 Å². The zero-order valence-electron chi connectivity index (χ0n) is 16.2. The molecule has 1 heterocycles. The maximum atomic E-state index is 12.6. The molecule has 0 aliphatic rings. The van der Waals surface area contributed by atoms with Crippen LogP contribution in [0, 0.1) is 13.8 Å². The van der Waals surface area contributed by atoms with Crippen LogP contribution >= 0.6 is 0 Å². The Labute approximate surface area is 170 Å². The third kappa shape index (κ3) is 4.68. The van der Waals surface area contributed by atoms with Crippen molar-refractivity contribution in [1.29, 1.82) is 0 Å². The molecule has 6 nitrogen and oxygen atoms in total. The first-order valence-electron chi connectivity index (χ1n) is 8.92. The lowest BCUT2D eigenvalue weighted by Gasteiger charge is -2.09. The van der Waals surface area contributed by atoms with Crippen molar-refractivity contribution < 1.29 is 27.5 Å². The number of alkyl halides is 3. The number of hydrogen-bond donors (Lipinski definition) is 1. The SMILES string of the molecule is Cc1nn(-c2ccccc2)c(C)c1NC(=O)COC(=O)c1ccc(C(F)(F)F)cc1. The molecule has 0 aliphatic carbocycles. The molecule has 0 bridgehead atoms. The van der Waals surface area contributed by atoms with Crippen LogP contribution in [0.3, 0.4) is 0 Å². The van der Waals surface area contributed by atoms with Gasteiger partial charge in [-0.3, -0.25) is 4.79 Å². The van der Waals surface area contributed by atoms with Gasteiger partial charge >= 0.3 is 12.1 Å². The molecule has 0 saturated carbocycles. The van der Waals surface area contributed by atoms with E-state index in [0.29, 0.717) is 17.1 Å². The summed E-state index contributed by atoms with van der Waals surface area (Å²) < 4.78 is 44.3. The van der Waals surface area contributed by atoms with Crippen molar-refractivity contribution >= 4 is 17.6 Å². The number of nitrogens with one attached hydrogen (secondary N) is 1. The lowest BCUT2D eigenvalue weighted by Crippen LogP contribution is -2.21. The van der Waals surface area contributed by atoms with Gasteiger partial charge in [0.05, 0.1) is 33.9 Å². The number of benzene rings is 2. The van der Waals surface area contributed by atoms with Crippen LogP contribution in [0.5, 0.6) is 0 Å². The smallest absolute Gasteiger partial charge is 0.416 e. The number of para-hydroxylation sites is 1. The molecule has 1 amide bonds. The van der Waals surface area contributed by atoms with Gasteiger partial charge in [0, 0.05) is 0 Å². The van der Waals surface area contributed by atoms with Crippen molar-refractivity contribution in [3.8, 4) is 5.69 Å². The third-order valence-electron chi connectivity index (χ3n) is 4.34. The minimum Gasteiger partial charge on any atom is -0.452 e. The molecule has 0 fully saturated rings. The van der Waals surface area contributed by atoms with Gasteiger partial charge in [-0.15, -0.1) is 0 Å². The summed E-state index contributed by atoms with van der Waals surface area (Å²) in [5.74, 6) is -1.48. The van der Waals surface area contributed by atoms with E-state index in [4.69, 9.17) is 4.74 Å². The fraction of sp³-hybridized carbons (Fsp3) is 0.190. The Morgan fingerprint density at radius 3 is 2.27 bits per heavy atom. The number of esters is 1. The zero-order chi connectivity index (χ0) is 21.9. The Balaban J connectivity index is 1.62. The molecule has 3 aromatic rings. The highest BCUT2D eigenvalue weighted by molar-refractivity contribution is 5.96. The summed E-state index contributed by atoms with van der Waals surface area (Å²) in [6.07, 6.45) is -4.50. The summed E-state index contributed by atoms with van der Waals surface area (Å²) in [6, 6.07) is 12.9. The predicted octanol–water partition coefficient (Wildman–Crippen LogP) is 4.30. The first-order valence-corrected chi connectivity index (χ1v) is 8.92. The maximum absolute atomic E-state index is 12.6. The quantitative estimate of drug-likeness (QED) is 0.628. The van der Waals surface area contributed by atoms with E-state index >= 15 is 0 Å². The maximum Gasteiger partial charge on any atom is 0.416 e. The van der Waals surface area contributed by atoms with Crippen molar-refractivity contribution in [2.75, 3.05) is 11.9 Å². The highest BCUT2D eigenvalue weighted by Gasteiger charge is 2.30.